The van der Waals surface area contributed by atoms with Gasteiger partial charge in [-0.3, -0.25) is 9.59 Å². The molecule has 0 aliphatic rings. The Hall–Kier alpha value is -1.36. The molecule has 0 fully saturated rings. The maximum atomic E-state index is 11.8. The van der Waals surface area contributed by atoms with E-state index in [0.29, 0.717) is 12.1 Å². The maximum absolute atomic E-state index is 11.8. The highest BCUT2D eigenvalue weighted by atomic mass is 79.9. The average molecular weight is 313 g/mol. The number of carbonyl (C=O) groups excluding carboxylic acids is 2. The van der Waals surface area contributed by atoms with Gasteiger partial charge in [-0.15, -0.1) is 0 Å². The minimum atomic E-state index is -0.248. The van der Waals surface area contributed by atoms with Crippen molar-refractivity contribution in [1.29, 1.82) is 0 Å². The highest BCUT2D eigenvalue weighted by molar-refractivity contribution is 9.10. The Balaban J connectivity index is 2.50. The van der Waals surface area contributed by atoms with Crippen molar-refractivity contribution >= 4 is 27.7 Å². The molecule has 18 heavy (non-hydrogen) atoms. The monoisotopic (exact) mass is 312 g/mol. The van der Waals surface area contributed by atoms with E-state index in [1.807, 2.05) is 19.9 Å². The van der Waals surface area contributed by atoms with Crippen molar-refractivity contribution in [2.45, 2.75) is 20.3 Å². The molecule has 2 N–H and O–H groups in total. The fourth-order valence-electron chi connectivity index (χ4n) is 1.32. The molecule has 1 aromatic rings. The number of benzene rings is 1. The van der Waals surface area contributed by atoms with Crippen LogP contribution in [0.5, 0.6) is 0 Å². The molecule has 0 bridgehead atoms. The number of amides is 2. The molecule has 98 valence electrons. The molecule has 0 atom stereocenters. The molecule has 0 spiro atoms. The molecule has 0 aliphatic carbocycles. The largest absolute Gasteiger partial charge is 0.355 e. The summed E-state index contributed by atoms with van der Waals surface area (Å²) < 4.78 is 0.880. The Morgan fingerprint density at radius 2 is 2.00 bits per heavy atom. The van der Waals surface area contributed by atoms with Gasteiger partial charge in [0.1, 0.15) is 0 Å². The smallest absolute Gasteiger partial charge is 0.251 e. The zero-order valence-electron chi connectivity index (χ0n) is 10.5. The second-order valence-electron chi connectivity index (χ2n) is 4.00. The van der Waals surface area contributed by atoms with Gasteiger partial charge in [-0.1, -0.05) is 28.9 Å². The normalized spacial score (nSPS) is 9.94. The third-order valence-electron chi connectivity index (χ3n) is 2.42. The van der Waals surface area contributed by atoms with Crippen LogP contribution in [0.4, 0.5) is 0 Å². The van der Waals surface area contributed by atoms with Gasteiger partial charge in [0.2, 0.25) is 5.91 Å². The number of hydrogen-bond donors (Lipinski definition) is 2. The Labute approximate surface area is 115 Å². The Morgan fingerprint density at radius 3 is 2.61 bits per heavy atom. The quantitative estimate of drug-likeness (QED) is 0.874. The van der Waals surface area contributed by atoms with Crippen LogP contribution in [0.1, 0.15) is 29.3 Å². The molecule has 2 amide bonds. The van der Waals surface area contributed by atoms with Crippen LogP contribution in [0.3, 0.4) is 0 Å². The summed E-state index contributed by atoms with van der Waals surface area (Å²) in [7, 11) is 0. The zero-order chi connectivity index (χ0) is 13.5. The first-order valence-electron chi connectivity index (χ1n) is 5.85. The van der Waals surface area contributed by atoms with Gasteiger partial charge in [0.15, 0.2) is 0 Å². The minimum Gasteiger partial charge on any atom is -0.355 e. The van der Waals surface area contributed by atoms with Gasteiger partial charge >= 0.3 is 0 Å². The highest BCUT2D eigenvalue weighted by Gasteiger charge is 2.08. The van der Waals surface area contributed by atoms with Gasteiger partial charge in [0.05, 0.1) is 6.54 Å². The van der Waals surface area contributed by atoms with Crippen molar-refractivity contribution in [3.05, 3.63) is 33.8 Å². The van der Waals surface area contributed by atoms with Gasteiger partial charge in [-0.05, 0) is 31.0 Å². The number of aryl methyl sites for hydroxylation is 1. The van der Waals surface area contributed by atoms with E-state index >= 15 is 0 Å². The lowest BCUT2D eigenvalue weighted by Gasteiger charge is -2.07. The first kappa shape index (κ1) is 14.7. The van der Waals surface area contributed by atoms with E-state index in [0.717, 1.165) is 16.5 Å². The second kappa shape index (κ2) is 7.16. The zero-order valence-corrected chi connectivity index (χ0v) is 12.1. The minimum absolute atomic E-state index is 0.00429. The lowest BCUT2D eigenvalue weighted by Crippen LogP contribution is -2.37. The van der Waals surface area contributed by atoms with E-state index < -0.39 is 0 Å². The Kier molecular flexibility index (Phi) is 5.85. The summed E-state index contributed by atoms with van der Waals surface area (Å²) in [6.07, 6.45) is 0.880. The van der Waals surface area contributed by atoms with Crippen molar-refractivity contribution < 1.29 is 9.59 Å². The van der Waals surface area contributed by atoms with Crippen LogP contribution in [0.15, 0.2) is 22.7 Å². The van der Waals surface area contributed by atoms with E-state index in [9.17, 15) is 9.59 Å². The second-order valence-corrected chi connectivity index (χ2v) is 4.85. The summed E-state index contributed by atoms with van der Waals surface area (Å²) in [4.78, 5) is 23.1. The molecule has 0 heterocycles. The predicted octanol–water partition coefficient (Wildman–Crippen LogP) is 2.01. The van der Waals surface area contributed by atoms with E-state index in [2.05, 4.69) is 26.6 Å². The molecule has 0 saturated carbocycles. The first-order valence-corrected chi connectivity index (χ1v) is 6.65. The third kappa shape index (κ3) is 4.49. The van der Waals surface area contributed by atoms with Gasteiger partial charge < -0.3 is 10.6 Å². The van der Waals surface area contributed by atoms with Crippen LogP contribution >= 0.6 is 15.9 Å². The van der Waals surface area contributed by atoms with Gasteiger partial charge in [-0.2, -0.15) is 0 Å². The van der Waals surface area contributed by atoms with Gasteiger partial charge in [0.25, 0.3) is 5.91 Å². The van der Waals surface area contributed by atoms with Crippen molar-refractivity contribution in [3.8, 4) is 0 Å². The molecule has 5 heteroatoms. The van der Waals surface area contributed by atoms with Crippen molar-refractivity contribution in [2.75, 3.05) is 13.1 Å². The number of nitrogens with one attached hydrogen (secondary N) is 2. The van der Waals surface area contributed by atoms with Gasteiger partial charge in [-0.25, -0.2) is 0 Å². The fourth-order valence-corrected chi connectivity index (χ4v) is 1.70. The molecule has 0 radical (unpaired) electrons. The van der Waals surface area contributed by atoms with Crippen molar-refractivity contribution in [3.63, 3.8) is 0 Å². The predicted molar refractivity (Wildman–Crippen MR) is 74.5 cm³/mol. The Morgan fingerprint density at radius 1 is 1.28 bits per heavy atom. The van der Waals surface area contributed by atoms with E-state index in [4.69, 9.17) is 0 Å². The van der Waals surface area contributed by atoms with Crippen LogP contribution < -0.4 is 10.6 Å². The molecule has 0 aromatic heterocycles. The fraction of sp³-hybridized carbons (Fsp3) is 0.385. The van der Waals surface area contributed by atoms with E-state index in [1.165, 1.54) is 0 Å². The molecule has 0 aliphatic heterocycles. The molecular weight excluding hydrogens is 296 g/mol. The summed E-state index contributed by atoms with van der Waals surface area (Å²) in [5, 5.41) is 5.28. The van der Waals surface area contributed by atoms with E-state index in [1.54, 1.807) is 12.1 Å². The van der Waals surface area contributed by atoms with Crippen LogP contribution in [0, 0.1) is 6.92 Å². The van der Waals surface area contributed by atoms with Crippen molar-refractivity contribution in [1.82, 2.24) is 10.6 Å². The van der Waals surface area contributed by atoms with E-state index in [-0.39, 0.29) is 18.4 Å². The summed E-state index contributed by atoms with van der Waals surface area (Å²) in [6, 6.07) is 5.34. The number of carbonyl (C=O) groups is 2. The van der Waals surface area contributed by atoms with Crippen LogP contribution in [0.2, 0.25) is 0 Å². The van der Waals surface area contributed by atoms with Crippen LogP contribution in [-0.4, -0.2) is 24.9 Å². The van der Waals surface area contributed by atoms with Crippen LogP contribution in [-0.2, 0) is 4.79 Å². The maximum Gasteiger partial charge on any atom is 0.251 e. The number of halogens is 1. The standard InChI is InChI=1S/C13H17BrN2O2/c1-3-6-15-12(17)8-16-13(18)10-5-4-9(2)11(14)7-10/h4-5,7H,3,6,8H2,1-2H3,(H,15,17)(H,16,18). The Bertz CT molecular complexity index is 447. The van der Waals surface area contributed by atoms with Crippen molar-refractivity contribution in [2.24, 2.45) is 0 Å². The van der Waals surface area contributed by atoms with Gasteiger partial charge in [0, 0.05) is 16.6 Å². The third-order valence-corrected chi connectivity index (χ3v) is 3.27. The topological polar surface area (TPSA) is 58.2 Å². The highest BCUT2D eigenvalue weighted by Crippen LogP contribution is 2.17. The average Bonchev–Trinajstić information content (AvgIpc) is 2.36. The molecule has 1 rings (SSSR count). The molecular formula is C13H17BrN2O2. The summed E-state index contributed by atoms with van der Waals surface area (Å²) in [5.74, 6) is -0.418. The van der Waals surface area contributed by atoms with Crippen LogP contribution in [0.25, 0.3) is 0 Å². The molecule has 0 unspecified atom stereocenters. The number of hydrogen-bond acceptors (Lipinski definition) is 2. The lowest BCUT2D eigenvalue weighted by atomic mass is 10.1. The first-order chi connectivity index (χ1) is 8.54. The lowest BCUT2D eigenvalue weighted by molar-refractivity contribution is -0.120. The number of rotatable bonds is 5. The SMILES string of the molecule is CCCNC(=O)CNC(=O)c1ccc(C)c(Br)c1. The molecule has 4 nitrogen and oxygen atoms in total. The molecule has 1 aromatic carbocycles. The summed E-state index contributed by atoms with van der Waals surface area (Å²) in [6.45, 7) is 4.56. The molecule has 0 saturated heterocycles. The summed E-state index contributed by atoms with van der Waals surface area (Å²) in [5.41, 5.74) is 1.60. The summed E-state index contributed by atoms with van der Waals surface area (Å²) >= 11 is 3.37.